The van der Waals surface area contributed by atoms with Crippen molar-refractivity contribution in [1.29, 1.82) is 0 Å². The molecule has 3 heterocycles. The standard InChI is InChI=1S/C19H18N6O3/c1-22-11-14(9-20-22)8-18(24-13-17(10-21-24)25(27)28)19(26)23-7-6-15-4-2-3-5-16(15)12-23/h2-5,8-11,13H,6-7,12H2,1H3/b18-8-. The first-order valence-electron chi connectivity index (χ1n) is 8.77. The Balaban J connectivity index is 1.69. The van der Waals surface area contributed by atoms with E-state index in [0.717, 1.165) is 18.2 Å². The first-order chi connectivity index (χ1) is 13.5. The molecule has 0 unspecified atom stereocenters. The lowest BCUT2D eigenvalue weighted by Crippen LogP contribution is -2.37. The van der Waals surface area contributed by atoms with Gasteiger partial charge in [-0.2, -0.15) is 10.2 Å². The first kappa shape index (κ1) is 17.7. The molecule has 0 saturated carbocycles. The molecule has 3 aromatic rings. The van der Waals surface area contributed by atoms with Gasteiger partial charge in [0.1, 0.15) is 18.1 Å². The normalized spacial score (nSPS) is 14.0. The Morgan fingerprint density at radius 3 is 2.64 bits per heavy atom. The Morgan fingerprint density at radius 1 is 1.18 bits per heavy atom. The van der Waals surface area contributed by atoms with E-state index in [4.69, 9.17) is 0 Å². The Hall–Kier alpha value is -3.75. The van der Waals surface area contributed by atoms with Crippen LogP contribution in [0.25, 0.3) is 11.8 Å². The van der Waals surface area contributed by atoms with Gasteiger partial charge in [0.25, 0.3) is 5.91 Å². The van der Waals surface area contributed by atoms with Crippen molar-refractivity contribution >= 4 is 23.4 Å². The van der Waals surface area contributed by atoms with Gasteiger partial charge in [-0.3, -0.25) is 19.6 Å². The molecule has 0 bridgehead atoms. The molecule has 0 saturated heterocycles. The Kier molecular flexibility index (Phi) is 4.48. The maximum absolute atomic E-state index is 13.3. The van der Waals surface area contributed by atoms with Gasteiger partial charge in [0, 0.05) is 31.9 Å². The van der Waals surface area contributed by atoms with E-state index in [9.17, 15) is 14.9 Å². The van der Waals surface area contributed by atoms with Gasteiger partial charge >= 0.3 is 5.69 Å². The van der Waals surface area contributed by atoms with Gasteiger partial charge in [0.15, 0.2) is 0 Å². The van der Waals surface area contributed by atoms with Gasteiger partial charge in [0.2, 0.25) is 0 Å². The molecule has 1 aliphatic rings. The van der Waals surface area contributed by atoms with Crippen molar-refractivity contribution in [1.82, 2.24) is 24.5 Å². The zero-order valence-corrected chi connectivity index (χ0v) is 15.2. The van der Waals surface area contributed by atoms with Gasteiger partial charge in [-0.15, -0.1) is 0 Å². The van der Waals surface area contributed by atoms with Crippen LogP contribution in [-0.2, 0) is 24.8 Å². The highest BCUT2D eigenvalue weighted by atomic mass is 16.6. The quantitative estimate of drug-likeness (QED) is 0.393. The van der Waals surface area contributed by atoms with Crippen molar-refractivity contribution in [2.24, 2.45) is 7.05 Å². The molecular weight excluding hydrogens is 360 g/mol. The Morgan fingerprint density at radius 2 is 1.96 bits per heavy atom. The second-order valence-electron chi connectivity index (χ2n) is 6.62. The van der Waals surface area contributed by atoms with Crippen molar-refractivity contribution in [2.75, 3.05) is 6.54 Å². The predicted octanol–water partition coefficient (Wildman–Crippen LogP) is 2.11. The van der Waals surface area contributed by atoms with Crippen molar-refractivity contribution in [2.45, 2.75) is 13.0 Å². The third-order valence-corrected chi connectivity index (χ3v) is 4.69. The van der Waals surface area contributed by atoms with Crippen LogP contribution in [0.3, 0.4) is 0 Å². The lowest BCUT2D eigenvalue weighted by atomic mass is 9.99. The van der Waals surface area contributed by atoms with E-state index >= 15 is 0 Å². The van der Waals surface area contributed by atoms with Gasteiger partial charge in [-0.25, -0.2) is 4.68 Å². The maximum Gasteiger partial charge on any atom is 0.307 e. The largest absolute Gasteiger partial charge is 0.333 e. The molecule has 2 aromatic heterocycles. The Labute approximate surface area is 160 Å². The summed E-state index contributed by atoms with van der Waals surface area (Å²) in [7, 11) is 1.78. The number of nitro groups is 1. The third-order valence-electron chi connectivity index (χ3n) is 4.69. The monoisotopic (exact) mass is 378 g/mol. The molecule has 9 heteroatoms. The molecule has 0 atom stereocenters. The summed E-state index contributed by atoms with van der Waals surface area (Å²) in [5.41, 5.74) is 3.11. The van der Waals surface area contributed by atoms with Crippen molar-refractivity contribution in [3.63, 3.8) is 0 Å². The van der Waals surface area contributed by atoms with Crippen LogP contribution in [0.4, 0.5) is 5.69 Å². The Bertz CT molecular complexity index is 1080. The average Bonchev–Trinajstić information content (AvgIpc) is 3.34. The highest BCUT2D eigenvalue weighted by molar-refractivity contribution is 6.18. The van der Waals surface area contributed by atoms with Gasteiger partial charge in [-0.05, 0) is 23.6 Å². The summed E-state index contributed by atoms with van der Waals surface area (Å²) < 4.78 is 2.88. The number of fused-ring (bicyclic) bond motifs is 1. The predicted molar refractivity (Wildman–Crippen MR) is 102 cm³/mol. The van der Waals surface area contributed by atoms with Crippen LogP contribution in [0.5, 0.6) is 0 Å². The van der Waals surface area contributed by atoms with E-state index in [1.165, 1.54) is 16.4 Å². The average molecular weight is 378 g/mol. The van der Waals surface area contributed by atoms with E-state index in [1.807, 2.05) is 18.2 Å². The summed E-state index contributed by atoms with van der Waals surface area (Å²) in [5, 5.41) is 19.2. The van der Waals surface area contributed by atoms with Crippen LogP contribution in [0, 0.1) is 10.1 Å². The summed E-state index contributed by atoms with van der Waals surface area (Å²) in [6, 6.07) is 8.03. The van der Waals surface area contributed by atoms with E-state index < -0.39 is 4.92 Å². The van der Waals surface area contributed by atoms with Crippen molar-refractivity contribution < 1.29 is 9.72 Å². The zero-order valence-electron chi connectivity index (χ0n) is 15.2. The number of rotatable bonds is 4. The van der Waals surface area contributed by atoms with Crippen LogP contribution in [0.15, 0.2) is 49.1 Å². The highest BCUT2D eigenvalue weighted by Gasteiger charge is 2.26. The summed E-state index contributed by atoms with van der Waals surface area (Å²) in [6.45, 7) is 1.06. The number of amides is 1. The van der Waals surface area contributed by atoms with Crippen molar-refractivity contribution in [3.05, 3.63) is 75.9 Å². The lowest BCUT2D eigenvalue weighted by Gasteiger charge is -2.29. The summed E-state index contributed by atoms with van der Waals surface area (Å²) in [5.74, 6) is -0.239. The minimum atomic E-state index is -0.535. The summed E-state index contributed by atoms with van der Waals surface area (Å²) >= 11 is 0. The minimum Gasteiger partial charge on any atom is -0.333 e. The number of benzene rings is 1. The number of nitrogens with zero attached hydrogens (tertiary/aromatic N) is 6. The molecule has 9 nitrogen and oxygen atoms in total. The fourth-order valence-corrected chi connectivity index (χ4v) is 3.27. The zero-order chi connectivity index (χ0) is 19.7. The van der Waals surface area contributed by atoms with Crippen LogP contribution in [0.1, 0.15) is 16.7 Å². The molecule has 142 valence electrons. The first-order valence-corrected chi connectivity index (χ1v) is 8.77. The van der Waals surface area contributed by atoms with Crippen LogP contribution >= 0.6 is 0 Å². The van der Waals surface area contributed by atoms with Gasteiger partial charge in [-0.1, -0.05) is 24.3 Å². The topological polar surface area (TPSA) is 99.1 Å². The molecule has 28 heavy (non-hydrogen) atoms. The van der Waals surface area contributed by atoms with Crippen molar-refractivity contribution in [3.8, 4) is 0 Å². The van der Waals surface area contributed by atoms with E-state index in [-0.39, 0.29) is 17.3 Å². The molecule has 0 radical (unpaired) electrons. The second kappa shape index (κ2) is 7.10. The number of hydrogen-bond donors (Lipinski definition) is 0. The molecular formula is C19H18N6O3. The molecule has 0 spiro atoms. The van der Waals surface area contributed by atoms with E-state index in [1.54, 1.807) is 35.1 Å². The fourth-order valence-electron chi connectivity index (χ4n) is 3.27. The van der Waals surface area contributed by atoms with Crippen LogP contribution in [-0.4, -0.2) is 41.8 Å². The molecule has 0 N–H and O–H groups in total. The molecule has 4 rings (SSSR count). The molecule has 1 aliphatic heterocycles. The second-order valence-corrected chi connectivity index (χ2v) is 6.62. The fraction of sp³-hybridized carbons (Fsp3) is 0.211. The number of aryl methyl sites for hydroxylation is 1. The van der Waals surface area contributed by atoms with Gasteiger partial charge in [0.05, 0.1) is 11.1 Å². The summed E-state index contributed by atoms with van der Waals surface area (Å²) in [6.07, 6.45) is 8.18. The summed E-state index contributed by atoms with van der Waals surface area (Å²) in [4.78, 5) is 25.5. The molecule has 1 aromatic carbocycles. The number of carbonyl (C=O) groups is 1. The van der Waals surface area contributed by atoms with Crippen LogP contribution in [0.2, 0.25) is 0 Å². The minimum absolute atomic E-state index is 0.172. The molecule has 0 aliphatic carbocycles. The number of hydrogen-bond acceptors (Lipinski definition) is 5. The van der Waals surface area contributed by atoms with Gasteiger partial charge < -0.3 is 4.90 Å². The number of carbonyl (C=O) groups excluding carboxylic acids is 1. The van der Waals surface area contributed by atoms with Crippen LogP contribution < -0.4 is 0 Å². The van der Waals surface area contributed by atoms with E-state index in [0.29, 0.717) is 18.7 Å². The SMILES string of the molecule is Cn1cc(/C=C(/C(=O)N2CCc3ccccc3C2)n2cc([N+](=O)[O-])cn2)cn1. The van der Waals surface area contributed by atoms with E-state index in [2.05, 4.69) is 16.3 Å². The smallest absolute Gasteiger partial charge is 0.307 e. The molecule has 0 fully saturated rings. The number of aromatic nitrogens is 4. The third kappa shape index (κ3) is 3.41. The lowest BCUT2D eigenvalue weighted by molar-refractivity contribution is -0.384. The highest BCUT2D eigenvalue weighted by Crippen LogP contribution is 2.23. The maximum atomic E-state index is 13.3. The molecule has 1 amide bonds.